The topological polar surface area (TPSA) is 163 Å². The highest BCUT2D eigenvalue weighted by Gasteiger charge is 2.19. The second-order valence-electron chi connectivity index (χ2n) is 5.92. The predicted molar refractivity (Wildman–Crippen MR) is 115 cm³/mol. The van der Waals surface area contributed by atoms with Crippen molar-refractivity contribution in [2.75, 3.05) is 7.11 Å². The van der Waals surface area contributed by atoms with Crippen LogP contribution in [0.3, 0.4) is 0 Å². The average Bonchev–Trinajstić information content (AvgIpc) is 2.65. The first kappa shape index (κ1) is 22.4. The van der Waals surface area contributed by atoms with Crippen LogP contribution in [0.2, 0.25) is 0 Å². The lowest BCUT2D eigenvalue weighted by molar-refractivity contribution is 0.413. The molecule has 0 unspecified atom stereocenters. The van der Waals surface area contributed by atoms with Crippen LogP contribution in [0.25, 0.3) is 10.8 Å². The fourth-order valence-electron chi connectivity index (χ4n) is 2.61. The van der Waals surface area contributed by atoms with Crippen LogP contribution in [0, 0.1) is 3.57 Å². The Bertz CT molecular complexity index is 1400. The first-order valence-corrected chi connectivity index (χ1v) is 11.9. The second kappa shape index (κ2) is 8.07. The van der Waals surface area contributed by atoms with Gasteiger partial charge in [-0.05, 0) is 52.2 Å². The van der Waals surface area contributed by atoms with Crippen molar-refractivity contribution in [3.8, 4) is 11.5 Å². The van der Waals surface area contributed by atoms with Crippen LogP contribution in [-0.2, 0) is 20.2 Å². The van der Waals surface area contributed by atoms with Crippen molar-refractivity contribution < 1.29 is 35.8 Å². The van der Waals surface area contributed by atoms with Gasteiger partial charge in [0.2, 0.25) is 0 Å². The third-order valence-corrected chi connectivity index (χ3v) is 7.01. The van der Waals surface area contributed by atoms with E-state index in [1.54, 1.807) is 22.6 Å². The van der Waals surface area contributed by atoms with Crippen molar-refractivity contribution >= 4 is 65.0 Å². The van der Waals surface area contributed by atoms with Gasteiger partial charge in [-0.3, -0.25) is 9.11 Å². The van der Waals surface area contributed by atoms with Crippen molar-refractivity contribution in [2.45, 2.75) is 9.79 Å². The first-order valence-electron chi connectivity index (χ1n) is 7.92. The molecule has 3 rings (SSSR count). The van der Waals surface area contributed by atoms with Gasteiger partial charge in [0.05, 0.1) is 12.0 Å². The highest BCUT2D eigenvalue weighted by Crippen LogP contribution is 2.39. The molecule has 0 radical (unpaired) electrons. The van der Waals surface area contributed by atoms with Gasteiger partial charge in [0, 0.05) is 15.0 Å². The van der Waals surface area contributed by atoms with Gasteiger partial charge in [-0.15, -0.1) is 10.2 Å². The number of aromatic hydroxyl groups is 1. The molecule has 0 aromatic heterocycles. The lowest BCUT2D eigenvalue weighted by Crippen LogP contribution is -2.01. The van der Waals surface area contributed by atoms with Gasteiger partial charge in [-0.2, -0.15) is 16.8 Å². The smallest absolute Gasteiger partial charge is 0.295 e. The Hall–Kier alpha value is -2.33. The summed E-state index contributed by atoms with van der Waals surface area (Å²) in [6.07, 6.45) is 0. The maximum atomic E-state index is 11.4. The van der Waals surface area contributed by atoms with Crippen molar-refractivity contribution in [3.63, 3.8) is 0 Å². The zero-order chi connectivity index (χ0) is 22.3. The number of methoxy groups -OCH3 is 1. The van der Waals surface area contributed by atoms with Crippen LogP contribution in [0.1, 0.15) is 0 Å². The minimum absolute atomic E-state index is 0.0141. The Balaban J connectivity index is 2.14. The van der Waals surface area contributed by atoms with E-state index < -0.39 is 20.2 Å². The molecule has 0 aliphatic heterocycles. The van der Waals surface area contributed by atoms with Gasteiger partial charge in [0.25, 0.3) is 20.2 Å². The monoisotopic (exact) mass is 564 g/mol. The minimum Gasteiger partial charge on any atom is -0.506 e. The molecule has 0 heterocycles. The summed E-state index contributed by atoms with van der Waals surface area (Å²) < 4.78 is 69.3. The van der Waals surface area contributed by atoms with Crippen LogP contribution < -0.4 is 4.74 Å². The van der Waals surface area contributed by atoms with Crippen molar-refractivity contribution in [2.24, 2.45) is 10.2 Å². The van der Waals surface area contributed by atoms with E-state index in [1.165, 1.54) is 37.4 Å². The Morgan fingerprint density at radius 1 is 0.933 bits per heavy atom. The molecule has 0 atom stereocenters. The quantitative estimate of drug-likeness (QED) is 0.237. The number of fused-ring (bicyclic) bond motifs is 1. The summed E-state index contributed by atoms with van der Waals surface area (Å²) in [6, 6.07) is 8.87. The first-order chi connectivity index (χ1) is 13.9. The van der Waals surface area contributed by atoms with E-state index >= 15 is 0 Å². The molecule has 0 saturated carbocycles. The number of halogens is 1. The fourth-order valence-corrected chi connectivity index (χ4v) is 4.98. The summed E-state index contributed by atoms with van der Waals surface area (Å²) in [5.74, 6) is -0.228. The third-order valence-electron chi connectivity index (χ3n) is 4.01. The minimum atomic E-state index is -4.47. The van der Waals surface area contributed by atoms with E-state index in [-0.39, 0.29) is 36.2 Å². The molecule has 0 spiro atoms. The van der Waals surface area contributed by atoms with Crippen LogP contribution in [-0.4, -0.2) is 38.2 Å². The molecule has 30 heavy (non-hydrogen) atoms. The molecule has 3 N–H and O–H groups in total. The summed E-state index contributed by atoms with van der Waals surface area (Å²) in [4.78, 5) is -0.676. The molecule has 3 aromatic carbocycles. The van der Waals surface area contributed by atoms with Gasteiger partial charge in [0.15, 0.2) is 0 Å². The van der Waals surface area contributed by atoms with E-state index in [4.69, 9.17) is 4.74 Å². The Labute approximate surface area is 184 Å². The van der Waals surface area contributed by atoms with Crippen molar-refractivity contribution in [3.05, 3.63) is 46.0 Å². The van der Waals surface area contributed by atoms with Crippen LogP contribution in [0.15, 0.2) is 62.5 Å². The Morgan fingerprint density at radius 2 is 1.63 bits per heavy atom. The molecule has 0 aliphatic carbocycles. The predicted octanol–water partition coefficient (Wildman–Crippen LogP) is 4.07. The molecule has 3 aromatic rings. The normalized spacial score (nSPS) is 12.5. The third kappa shape index (κ3) is 4.54. The van der Waals surface area contributed by atoms with Crippen molar-refractivity contribution in [1.82, 2.24) is 0 Å². The van der Waals surface area contributed by atoms with Crippen LogP contribution in [0.4, 0.5) is 11.4 Å². The average molecular weight is 564 g/mol. The molecule has 10 nitrogen and oxygen atoms in total. The molecule has 13 heteroatoms. The summed E-state index contributed by atoms with van der Waals surface area (Å²) in [7, 11) is -7.60. The lowest BCUT2D eigenvalue weighted by Gasteiger charge is -2.09. The summed E-state index contributed by atoms with van der Waals surface area (Å²) >= 11 is 1.70. The number of azo groups is 1. The Morgan fingerprint density at radius 3 is 2.23 bits per heavy atom. The molecular weight excluding hydrogens is 551 g/mol. The number of hydrogen-bond acceptors (Lipinski definition) is 8. The zero-order valence-corrected chi connectivity index (χ0v) is 18.8. The van der Waals surface area contributed by atoms with Gasteiger partial charge in [-0.1, -0.05) is 12.1 Å². The number of phenols is 1. The van der Waals surface area contributed by atoms with Crippen LogP contribution in [0.5, 0.6) is 11.5 Å². The Kier molecular flexibility index (Phi) is 6.01. The van der Waals surface area contributed by atoms with Crippen molar-refractivity contribution in [1.29, 1.82) is 0 Å². The lowest BCUT2D eigenvalue weighted by atomic mass is 10.1. The number of phenolic OH excluding ortho intramolecular Hbond substituents is 1. The largest absolute Gasteiger partial charge is 0.506 e. The van der Waals surface area contributed by atoms with E-state index in [0.717, 1.165) is 12.1 Å². The fraction of sp³-hybridized carbons (Fsp3) is 0.0588. The molecule has 0 amide bonds. The molecule has 0 aliphatic rings. The highest BCUT2D eigenvalue weighted by atomic mass is 127. The SMILES string of the molecule is COc1cc(S(=O)(=O)O)c(I)cc1N=Nc1c(O)ccc2cc(S(=O)(=O)O)ccc12. The van der Waals surface area contributed by atoms with E-state index in [0.29, 0.717) is 10.8 Å². The molecular formula is C17H13IN2O8S2. The molecule has 0 fully saturated rings. The molecule has 0 bridgehead atoms. The number of ether oxygens (including phenoxy) is 1. The number of nitrogens with zero attached hydrogens (tertiary/aromatic N) is 2. The van der Waals surface area contributed by atoms with Gasteiger partial charge < -0.3 is 9.84 Å². The number of hydrogen-bond donors (Lipinski definition) is 3. The standard InChI is InChI=1S/C17H13IN2O8S2/c1-28-15-8-16(30(25,26)27)12(18)7-13(15)19-20-17-11-4-3-10(29(22,23)24)6-9(11)2-5-14(17)21/h2-8,21H,1H3,(H,22,23,24)(H,25,26,27). The summed E-state index contributed by atoms with van der Waals surface area (Å²) in [6.45, 7) is 0. The number of rotatable bonds is 5. The second-order valence-corrected chi connectivity index (χ2v) is 9.89. The highest BCUT2D eigenvalue weighted by molar-refractivity contribution is 14.1. The van der Waals surface area contributed by atoms with E-state index in [1.807, 2.05) is 0 Å². The molecule has 158 valence electrons. The van der Waals surface area contributed by atoms with Gasteiger partial charge in [-0.25, -0.2) is 0 Å². The van der Waals surface area contributed by atoms with Gasteiger partial charge in [0.1, 0.15) is 27.8 Å². The number of benzene rings is 3. The van der Waals surface area contributed by atoms with Gasteiger partial charge >= 0.3 is 0 Å². The summed E-state index contributed by atoms with van der Waals surface area (Å²) in [5.41, 5.74) is 0.144. The molecule has 0 saturated heterocycles. The van der Waals surface area contributed by atoms with E-state index in [2.05, 4.69) is 10.2 Å². The summed E-state index contributed by atoms with van der Waals surface area (Å²) in [5, 5.41) is 18.9. The van der Waals surface area contributed by atoms with E-state index in [9.17, 15) is 31.0 Å². The maximum absolute atomic E-state index is 11.4. The van der Waals surface area contributed by atoms with Crippen LogP contribution >= 0.6 is 22.6 Å². The zero-order valence-electron chi connectivity index (χ0n) is 15.0. The maximum Gasteiger partial charge on any atom is 0.295 e.